The van der Waals surface area contributed by atoms with Crippen molar-refractivity contribution in [2.45, 2.75) is 31.7 Å². The van der Waals surface area contributed by atoms with Crippen LogP contribution in [-0.2, 0) is 18.9 Å². The number of rotatable bonds is 1. The first-order valence-corrected chi connectivity index (χ1v) is 4.21. The molecule has 1 heterocycles. The minimum absolute atomic E-state index is 0.00836. The topological polar surface area (TPSA) is 52.0 Å². The van der Waals surface area contributed by atoms with E-state index in [4.69, 9.17) is 10.3 Å². The fraction of sp³-hybridized carbons (Fsp3) is 0.625. The van der Waals surface area contributed by atoms with Gasteiger partial charge in [0.25, 0.3) is 5.92 Å². The van der Waals surface area contributed by atoms with Crippen molar-refractivity contribution in [3.05, 3.63) is 17.0 Å². The smallest absolute Gasteiger partial charge is 0.278 e. The van der Waals surface area contributed by atoms with Gasteiger partial charge >= 0.3 is 0 Å². The third-order valence-electron chi connectivity index (χ3n) is 2.29. The third-order valence-corrected chi connectivity index (χ3v) is 2.29. The van der Waals surface area contributed by atoms with Crippen molar-refractivity contribution in [3.8, 4) is 0 Å². The second kappa shape index (κ2) is 2.77. The number of fused-ring (bicyclic) bond motifs is 1. The first-order valence-electron chi connectivity index (χ1n) is 4.21. The van der Waals surface area contributed by atoms with Crippen LogP contribution in [0.5, 0.6) is 0 Å². The Morgan fingerprint density at radius 1 is 1.54 bits per heavy atom. The Morgan fingerprint density at radius 3 is 3.00 bits per heavy atom. The highest BCUT2D eigenvalue weighted by Crippen LogP contribution is 2.41. The van der Waals surface area contributed by atoms with Crippen LogP contribution < -0.4 is 5.73 Å². The molecule has 13 heavy (non-hydrogen) atoms. The second-order valence-corrected chi connectivity index (χ2v) is 3.19. The molecule has 0 atom stereocenters. The molecule has 0 fully saturated rings. The van der Waals surface area contributed by atoms with E-state index in [1.807, 2.05) is 0 Å². The summed E-state index contributed by atoms with van der Waals surface area (Å²) in [5, 5.41) is 3.53. The quantitative estimate of drug-likeness (QED) is 0.727. The maximum absolute atomic E-state index is 13.3. The highest BCUT2D eigenvalue weighted by molar-refractivity contribution is 5.30. The molecule has 0 aliphatic heterocycles. The predicted octanol–water partition coefficient (Wildman–Crippen LogP) is 1.56. The highest BCUT2D eigenvalue weighted by atomic mass is 19.3. The molecule has 3 nitrogen and oxygen atoms in total. The molecule has 0 radical (unpaired) electrons. The molecule has 2 N–H and O–H groups in total. The number of aromatic nitrogens is 1. The fourth-order valence-electron chi connectivity index (χ4n) is 1.68. The molecule has 1 aliphatic rings. The number of hydrogen-bond donors (Lipinski definition) is 1. The van der Waals surface area contributed by atoms with Crippen LogP contribution >= 0.6 is 0 Å². The van der Waals surface area contributed by atoms with E-state index in [-0.39, 0.29) is 24.2 Å². The summed E-state index contributed by atoms with van der Waals surface area (Å²) >= 11 is 0. The fourth-order valence-corrected chi connectivity index (χ4v) is 1.68. The minimum Gasteiger partial charge on any atom is -0.361 e. The molecule has 1 aromatic rings. The van der Waals surface area contributed by atoms with Gasteiger partial charge in [0, 0.05) is 19.4 Å². The van der Waals surface area contributed by atoms with E-state index >= 15 is 0 Å². The lowest BCUT2D eigenvalue weighted by Gasteiger charge is -2.20. The molecule has 0 saturated carbocycles. The monoisotopic (exact) mass is 188 g/mol. The minimum atomic E-state index is -2.80. The number of halogens is 2. The van der Waals surface area contributed by atoms with E-state index in [2.05, 4.69) is 5.16 Å². The van der Waals surface area contributed by atoms with Crippen LogP contribution in [0, 0.1) is 0 Å². The highest BCUT2D eigenvalue weighted by Gasteiger charge is 2.41. The summed E-state index contributed by atoms with van der Waals surface area (Å²) in [5.41, 5.74) is 5.41. The Kier molecular flexibility index (Phi) is 1.83. The summed E-state index contributed by atoms with van der Waals surface area (Å²) in [5.74, 6) is -2.50. The molecule has 2 rings (SSSR count). The zero-order chi connectivity index (χ0) is 9.47. The Balaban J connectivity index is 2.52. The first-order chi connectivity index (χ1) is 6.15. The van der Waals surface area contributed by atoms with Crippen molar-refractivity contribution >= 4 is 0 Å². The van der Waals surface area contributed by atoms with Crippen molar-refractivity contribution in [3.63, 3.8) is 0 Å². The summed E-state index contributed by atoms with van der Waals surface area (Å²) in [4.78, 5) is 0. The van der Waals surface area contributed by atoms with Crippen LogP contribution in [0.4, 0.5) is 8.78 Å². The van der Waals surface area contributed by atoms with Gasteiger partial charge in [0.05, 0.1) is 5.56 Å². The lowest BCUT2D eigenvalue weighted by molar-refractivity contribution is -0.0243. The average molecular weight is 188 g/mol. The molecule has 0 aromatic carbocycles. The number of nitrogens with zero attached hydrogens (tertiary/aromatic N) is 1. The van der Waals surface area contributed by atoms with Crippen molar-refractivity contribution in [1.82, 2.24) is 5.16 Å². The Bertz CT molecular complexity index is 308. The van der Waals surface area contributed by atoms with Gasteiger partial charge in [-0.1, -0.05) is 5.16 Å². The standard InChI is InChI=1S/C8H10F2N2O/c9-8(10)3-1-2-6-7(8)5(4-11)12-13-6/h1-4,11H2. The molecule has 72 valence electrons. The molecule has 1 aromatic heterocycles. The van der Waals surface area contributed by atoms with Gasteiger partial charge < -0.3 is 10.3 Å². The molecular weight excluding hydrogens is 178 g/mol. The third kappa shape index (κ3) is 1.23. The molecule has 0 spiro atoms. The van der Waals surface area contributed by atoms with E-state index < -0.39 is 5.92 Å². The summed E-state index contributed by atoms with van der Waals surface area (Å²) < 4.78 is 31.4. The largest absolute Gasteiger partial charge is 0.361 e. The van der Waals surface area contributed by atoms with Crippen LogP contribution in [0.1, 0.15) is 29.9 Å². The van der Waals surface area contributed by atoms with E-state index in [0.29, 0.717) is 18.6 Å². The molecule has 1 aliphatic carbocycles. The average Bonchev–Trinajstić information content (AvgIpc) is 2.48. The van der Waals surface area contributed by atoms with Gasteiger partial charge in [-0.15, -0.1) is 0 Å². The maximum atomic E-state index is 13.3. The molecule has 0 bridgehead atoms. The zero-order valence-corrected chi connectivity index (χ0v) is 7.02. The second-order valence-electron chi connectivity index (χ2n) is 3.19. The number of aryl methyl sites for hydroxylation is 1. The van der Waals surface area contributed by atoms with Gasteiger partial charge in [-0.3, -0.25) is 0 Å². The number of hydrogen-bond acceptors (Lipinski definition) is 3. The van der Waals surface area contributed by atoms with Gasteiger partial charge in [-0.2, -0.15) is 0 Å². The van der Waals surface area contributed by atoms with E-state index in [1.165, 1.54) is 0 Å². The maximum Gasteiger partial charge on any atom is 0.278 e. The Hall–Kier alpha value is -0.970. The van der Waals surface area contributed by atoms with Crippen LogP contribution in [0.25, 0.3) is 0 Å². The predicted molar refractivity (Wildman–Crippen MR) is 41.2 cm³/mol. The SMILES string of the molecule is NCc1noc2c1C(F)(F)CCC2. The number of nitrogens with two attached hydrogens (primary N) is 1. The van der Waals surface area contributed by atoms with E-state index in [0.717, 1.165) is 0 Å². The summed E-state index contributed by atoms with van der Waals surface area (Å²) in [7, 11) is 0. The van der Waals surface area contributed by atoms with Crippen LogP contribution in [0.3, 0.4) is 0 Å². The van der Waals surface area contributed by atoms with Gasteiger partial charge in [0.15, 0.2) is 0 Å². The van der Waals surface area contributed by atoms with Crippen molar-refractivity contribution in [1.29, 1.82) is 0 Å². The van der Waals surface area contributed by atoms with Gasteiger partial charge in [0.1, 0.15) is 11.5 Å². The molecule has 0 amide bonds. The van der Waals surface area contributed by atoms with Crippen molar-refractivity contribution in [2.75, 3.05) is 0 Å². The van der Waals surface area contributed by atoms with Crippen LogP contribution in [-0.4, -0.2) is 5.16 Å². The van der Waals surface area contributed by atoms with Gasteiger partial charge in [-0.05, 0) is 6.42 Å². The Morgan fingerprint density at radius 2 is 2.31 bits per heavy atom. The zero-order valence-electron chi connectivity index (χ0n) is 7.02. The van der Waals surface area contributed by atoms with Gasteiger partial charge in [-0.25, -0.2) is 8.78 Å². The van der Waals surface area contributed by atoms with E-state index in [9.17, 15) is 8.78 Å². The summed E-state index contributed by atoms with van der Waals surface area (Å²) in [6.07, 6.45) is 0.853. The first kappa shape index (κ1) is 8.62. The normalized spacial score (nSPS) is 19.9. The van der Waals surface area contributed by atoms with Crippen LogP contribution in [0.15, 0.2) is 4.52 Å². The van der Waals surface area contributed by atoms with E-state index in [1.54, 1.807) is 0 Å². The lowest BCUT2D eigenvalue weighted by Crippen LogP contribution is -2.21. The van der Waals surface area contributed by atoms with Crippen LogP contribution in [0.2, 0.25) is 0 Å². The molecular formula is C8H10F2N2O. The Labute approximate surface area is 73.9 Å². The lowest BCUT2D eigenvalue weighted by atomic mass is 9.93. The van der Waals surface area contributed by atoms with Crippen molar-refractivity contribution in [2.24, 2.45) is 5.73 Å². The molecule has 0 saturated heterocycles. The van der Waals surface area contributed by atoms with Crippen molar-refractivity contribution < 1.29 is 13.3 Å². The molecule has 5 heteroatoms. The summed E-state index contributed by atoms with van der Waals surface area (Å²) in [6.45, 7) is 0.00836. The number of alkyl halides is 2. The summed E-state index contributed by atoms with van der Waals surface area (Å²) in [6, 6.07) is 0. The van der Waals surface area contributed by atoms with Gasteiger partial charge in [0.2, 0.25) is 0 Å². The molecule has 0 unspecified atom stereocenters.